The van der Waals surface area contributed by atoms with E-state index in [1.807, 2.05) is 0 Å². The van der Waals surface area contributed by atoms with Gasteiger partial charge in [-0.15, -0.1) is 0 Å². The Morgan fingerprint density at radius 2 is 1.91 bits per heavy atom. The number of esters is 1. The number of rotatable bonds is 4. The van der Waals surface area contributed by atoms with Gasteiger partial charge in [0.2, 0.25) is 6.29 Å². The van der Waals surface area contributed by atoms with Crippen LogP contribution < -0.4 is 4.74 Å². The van der Waals surface area contributed by atoms with Gasteiger partial charge in [-0.25, -0.2) is 4.79 Å². The van der Waals surface area contributed by atoms with Crippen LogP contribution in [0.15, 0.2) is 18.2 Å². The molecule has 0 spiro atoms. The number of benzene rings is 1. The minimum Gasteiger partial charge on any atom is -0.507 e. The molecule has 0 aromatic heterocycles. The molecule has 1 aliphatic rings. The Hall–Kier alpha value is -1.91. The minimum absolute atomic E-state index is 0.152. The van der Waals surface area contributed by atoms with Gasteiger partial charge in [-0.2, -0.15) is 0 Å². The van der Waals surface area contributed by atoms with E-state index in [9.17, 15) is 25.2 Å². The molecule has 1 aromatic carbocycles. The summed E-state index contributed by atoms with van der Waals surface area (Å²) >= 11 is 0. The topological polar surface area (TPSA) is 146 Å². The van der Waals surface area contributed by atoms with Crippen LogP contribution >= 0.6 is 0 Å². The van der Waals surface area contributed by atoms with E-state index < -0.39 is 49.0 Å². The SMILES string of the molecule is COC(=O)c1c(O)cccc1OC1O[C@H](CO)[C@@H](O)[C@H](O)[C@H]1O. The van der Waals surface area contributed by atoms with Crippen molar-refractivity contribution in [2.45, 2.75) is 30.7 Å². The summed E-state index contributed by atoms with van der Waals surface area (Å²) in [6, 6.07) is 3.96. The van der Waals surface area contributed by atoms with E-state index in [4.69, 9.17) is 14.6 Å². The standard InChI is InChI=1S/C14H18O9/c1-21-13(20)9-6(16)3-2-4-7(9)22-14-12(19)11(18)10(17)8(5-15)23-14/h2-4,8,10-12,14-19H,5H2,1H3/t8-,10-,11+,12-,14?/m1/s1. The fourth-order valence-electron chi connectivity index (χ4n) is 2.21. The Bertz CT molecular complexity index is 559. The highest BCUT2D eigenvalue weighted by Crippen LogP contribution is 2.31. The van der Waals surface area contributed by atoms with E-state index >= 15 is 0 Å². The second-order valence-electron chi connectivity index (χ2n) is 4.96. The molecular weight excluding hydrogens is 312 g/mol. The van der Waals surface area contributed by atoms with E-state index in [2.05, 4.69) is 4.74 Å². The summed E-state index contributed by atoms with van der Waals surface area (Å²) in [4.78, 5) is 11.7. The number of hydrogen-bond acceptors (Lipinski definition) is 9. The summed E-state index contributed by atoms with van der Waals surface area (Å²) in [6.45, 7) is -0.616. The van der Waals surface area contributed by atoms with Crippen molar-refractivity contribution >= 4 is 5.97 Å². The maximum atomic E-state index is 11.7. The maximum Gasteiger partial charge on any atom is 0.345 e. The number of ether oxygens (including phenoxy) is 3. The lowest BCUT2D eigenvalue weighted by atomic mass is 9.99. The minimum atomic E-state index is -1.64. The van der Waals surface area contributed by atoms with Crippen LogP contribution in [-0.4, -0.2) is 75.9 Å². The first-order chi connectivity index (χ1) is 10.9. The van der Waals surface area contributed by atoms with E-state index in [0.29, 0.717) is 0 Å². The third-order valence-corrected chi connectivity index (χ3v) is 3.49. The number of aromatic hydroxyl groups is 1. The highest BCUT2D eigenvalue weighted by atomic mass is 16.7. The Kier molecular flexibility index (Phi) is 5.39. The van der Waals surface area contributed by atoms with Gasteiger partial charge in [0.1, 0.15) is 41.5 Å². The zero-order valence-electron chi connectivity index (χ0n) is 12.2. The van der Waals surface area contributed by atoms with Crippen LogP contribution in [0.5, 0.6) is 11.5 Å². The van der Waals surface area contributed by atoms with Crippen molar-refractivity contribution in [2.75, 3.05) is 13.7 Å². The fraction of sp³-hybridized carbons (Fsp3) is 0.500. The van der Waals surface area contributed by atoms with Gasteiger partial charge >= 0.3 is 5.97 Å². The molecule has 1 aliphatic heterocycles. The number of phenols is 1. The van der Waals surface area contributed by atoms with E-state index in [1.165, 1.54) is 18.2 Å². The predicted molar refractivity (Wildman–Crippen MR) is 73.8 cm³/mol. The lowest BCUT2D eigenvalue weighted by molar-refractivity contribution is -0.277. The summed E-state index contributed by atoms with van der Waals surface area (Å²) < 4.78 is 15.1. The number of phenolic OH excluding ortho intramolecular Hbond substituents is 1. The first-order valence-electron chi connectivity index (χ1n) is 6.78. The molecule has 0 aliphatic carbocycles. The van der Waals surface area contributed by atoms with Crippen LogP contribution in [0.3, 0.4) is 0 Å². The van der Waals surface area contributed by atoms with Crippen molar-refractivity contribution < 1.29 is 44.5 Å². The van der Waals surface area contributed by atoms with Crippen LogP contribution in [0.4, 0.5) is 0 Å². The Morgan fingerprint density at radius 1 is 1.22 bits per heavy atom. The third kappa shape index (κ3) is 3.38. The number of methoxy groups -OCH3 is 1. The zero-order valence-corrected chi connectivity index (χ0v) is 12.2. The lowest BCUT2D eigenvalue weighted by Crippen LogP contribution is -2.60. The summed E-state index contributed by atoms with van der Waals surface area (Å²) in [6.07, 6.45) is -7.42. The van der Waals surface area contributed by atoms with Gasteiger partial charge in [-0.05, 0) is 12.1 Å². The molecular formula is C14H18O9. The molecule has 128 valence electrons. The highest BCUT2D eigenvalue weighted by molar-refractivity contribution is 5.95. The van der Waals surface area contributed by atoms with Gasteiger partial charge in [0.15, 0.2) is 0 Å². The highest BCUT2D eigenvalue weighted by Gasteiger charge is 2.45. The lowest BCUT2D eigenvalue weighted by Gasteiger charge is -2.39. The first-order valence-corrected chi connectivity index (χ1v) is 6.78. The van der Waals surface area contributed by atoms with E-state index in [0.717, 1.165) is 7.11 Å². The quantitative estimate of drug-likeness (QED) is 0.410. The molecule has 23 heavy (non-hydrogen) atoms. The van der Waals surface area contributed by atoms with Crippen molar-refractivity contribution in [3.05, 3.63) is 23.8 Å². The number of carbonyl (C=O) groups excluding carboxylic acids is 1. The fourth-order valence-corrected chi connectivity index (χ4v) is 2.21. The smallest absolute Gasteiger partial charge is 0.345 e. The second-order valence-corrected chi connectivity index (χ2v) is 4.96. The molecule has 0 amide bonds. The molecule has 9 heteroatoms. The summed E-state index contributed by atoms with van der Waals surface area (Å²) in [7, 11) is 1.12. The predicted octanol–water partition coefficient (Wildman–Crippen LogP) is -1.64. The molecule has 1 fully saturated rings. The summed E-state index contributed by atoms with van der Waals surface area (Å²) in [5, 5.41) is 48.2. The van der Waals surface area contributed by atoms with Crippen molar-refractivity contribution in [3.8, 4) is 11.5 Å². The van der Waals surface area contributed by atoms with Crippen molar-refractivity contribution in [2.24, 2.45) is 0 Å². The number of aliphatic hydroxyl groups is 4. The largest absolute Gasteiger partial charge is 0.507 e. The average Bonchev–Trinajstić information content (AvgIpc) is 2.54. The molecule has 0 saturated carbocycles. The molecule has 5 atom stereocenters. The summed E-state index contributed by atoms with van der Waals surface area (Å²) in [5.41, 5.74) is -0.285. The second kappa shape index (κ2) is 7.11. The van der Waals surface area contributed by atoms with Gasteiger partial charge in [0.25, 0.3) is 0 Å². The summed E-state index contributed by atoms with van der Waals surface area (Å²) in [5.74, 6) is -1.43. The van der Waals surface area contributed by atoms with Crippen LogP contribution in [0.25, 0.3) is 0 Å². The van der Waals surface area contributed by atoms with Crippen LogP contribution in [0.1, 0.15) is 10.4 Å². The van der Waals surface area contributed by atoms with Crippen LogP contribution in [-0.2, 0) is 9.47 Å². The normalized spacial score (nSPS) is 30.7. The number of carbonyl (C=O) groups is 1. The van der Waals surface area contributed by atoms with Crippen LogP contribution in [0.2, 0.25) is 0 Å². The molecule has 1 saturated heterocycles. The number of aliphatic hydroxyl groups excluding tert-OH is 4. The monoisotopic (exact) mass is 330 g/mol. The van der Waals surface area contributed by atoms with Crippen molar-refractivity contribution in [1.29, 1.82) is 0 Å². The van der Waals surface area contributed by atoms with Crippen molar-refractivity contribution in [1.82, 2.24) is 0 Å². The molecule has 5 N–H and O–H groups in total. The average molecular weight is 330 g/mol. The van der Waals surface area contributed by atoms with Gasteiger partial charge in [-0.3, -0.25) is 0 Å². The Balaban J connectivity index is 2.28. The van der Waals surface area contributed by atoms with E-state index in [1.54, 1.807) is 0 Å². The number of hydrogen-bond donors (Lipinski definition) is 5. The molecule has 2 rings (SSSR count). The molecule has 1 heterocycles. The van der Waals surface area contributed by atoms with Crippen LogP contribution in [0, 0.1) is 0 Å². The Labute approximate surface area is 131 Å². The maximum absolute atomic E-state index is 11.7. The van der Waals surface area contributed by atoms with Gasteiger partial charge < -0.3 is 39.7 Å². The molecule has 0 radical (unpaired) electrons. The van der Waals surface area contributed by atoms with Gasteiger partial charge in [0.05, 0.1) is 13.7 Å². The molecule has 1 unspecified atom stereocenters. The Morgan fingerprint density at radius 3 is 2.52 bits per heavy atom. The third-order valence-electron chi connectivity index (χ3n) is 3.49. The molecule has 0 bridgehead atoms. The first kappa shape index (κ1) is 17.4. The molecule has 1 aromatic rings. The zero-order chi connectivity index (χ0) is 17.1. The van der Waals surface area contributed by atoms with Gasteiger partial charge in [0, 0.05) is 0 Å². The molecule has 9 nitrogen and oxygen atoms in total. The van der Waals surface area contributed by atoms with Crippen molar-refractivity contribution in [3.63, 3.8) is 0 Å². The van der Waals surface area contributed by atoms with Gasteiger partial charge in [-0.1, -0.05) is 6.07 Å². The van der Waals surface area contributed by atoms with E-state index in [-0.39, 0.29) is 11.3 Å².